The van der Waals surface area contributed by atoms with Gasteiger partial charge in [-0.3, -0.25) is 9.89 Å². The average Bonchev–Trinajstić information content (AvgIpc) is 3.23. The van der Waals surface area contributed by atoms with Gasteiger partial charge >= 0.3 is 0 Å². The molecular weight excluding hydrogens is 399 g/mol. The maximum Gasteiger partial charge on any atom is 0.237 e. The minimum Gasteiger partial charge on any atom is -0.325 e. The quantitative estimate of drug-likeness (QED) is 0.412. The lowest BCUT2D eigenvalue weighted by Crippen LogP contribution is -2.22. The van der Waals surface area contributed by atoms with Gasteiger partial charge in [0.1, 0.15) is 5.82 Å². The van der Waals surface area contributed by atoms with Crippen LogP contribution >= 0.6 is 11.8 Å². The molecule has 1 heterocycles. The van der Waals surface area contributed by atoms with Crippen LogP contribution in [-0.2, 0) is 4.79 Å². The zero-order valence-corrected chi connectivity index (χ0v) is 17.0. The largest absolute Gasteiger partial charge is 0.325 e. The fourth-order valence-corrected chi connectivity index (χ4v) is 3.70. The number of anilines is 1. The number of aromatic nitrogens is 3. The summed E-state index contributed by atoms with van der Waals surface area (Å²) in [7, 11) is 0. The van der Waals surface area contributed by atoms with Crippen molar-refractivity contribution < 1.29 is 9.18 Å². The molecule has 2 N–H and O–H groups in total. The molecule has 150 valence electrons. The van der Waals surface area contributed by atoms with Crippen molar-refractivity contribution in [3.05, 3.63) is 84.7 Å². The van der Waals surface area contributed by atoms with Gasteiger partial charge in [-0.1, -0.05) is 72.4 Å². The molecule has 0 radical (unpaired) electrons. The molecule has 4 rings (SSSR count). The Balaban J connectivity index is 1.47. The van der Waals surface area contributed by atoms with Crippen LogP contribution in [0.3, 0.4) is 0 Å². The summed E-state index contributed by atoms with van der Waals surface area (Å²) in [5.74, 6) is -0.216. The van der Waals surface area contributed by atoms with Gasteiger partial charge in [0.15, 0.2) is 5.82 Å². The Hall–Kier alpha value is -3.45. The Labute approximate surface area is 177 Å². The number of aromatic amines is 1. The summed E-state index contributed by atoms with van der Waals surface area (Å²) in [5.41, 5.74) is 3.05. The number of rotatable bonds is 6. The Morgan fingerprint density at radius 1 is 0.967 bits per heavy atom. The molecule has 0 bridgehead atoms. The Kier molecular flexibility index (Phi) is 5.90. The van der Waals surface area contributed by atoms with Gasteiger partial charge in [0.05, 0.1) is 10.8 Å². The van der Waals surface area contributed by atoms with E-state index < -0.39 is 5.25 Å². The van der Waals surface area contributed by atoms with E-state index in [0.29, 0.717) is 16.5 Å². The number of benzene rings is 3. The third kappa shape index (κ3) is 4.41. The lowest BCUT2D eigenvalue weighted by Gasteiger charge is -2.14. The van der Waals surface area contributed by atoms with Gasteiger partial charge in [0.2, 0.25) is 11.1 Å². The number of carbonyl (C=O) groups is 1. The molecule has 1 unspecified atom stereocenters. The predicted octanol–water partition coefficient (Wildman–Crippen LogP) is 5.40. The zero-order chi connectivity index (χ0) is 20.9. The third-order valence-corrected chi connectivity index (χ3v) is 5.48. The maximum atomic E-state index is 13.9. The number of nitrogens with one attached hydrogen (secondary N) is 2. The van der Waals surface area contributed by atoms with Crippen molar-refractivity contribution in [3.8, 4) is 22.5 Å². The molecule has 0 saturated heterocycles. The van der Waals surface area contributed by atoms with Gasteiger partial charge in [-0.15, -0.1) is 5.10 Å². The molecule has 1 amide bonds. The van der Waals surface area contributed by atoms with E-state index in [1.807, 2.05) is 54.6 Å². The number of H-pyrrole nitrogens is 1. The second kappa shape index (κ2) is 8.92. The molecular formula is C23H19FN4OS. The highest BCUT2D eigenvalue weighted by atomic mass is 32.2. The molecule has 1 aromatic heterocycles. The summed E-state index contributed by atoms with van der Waals surface area (Å²) >= 11 is 1.21. The van der Waals surface area contributed by atoms with E-state index in [1.165, 1.54) is 17.8 Å². The topological polar surface area (TPSA) is 70.7 Å². The average molecular weight is 418 g/mol. The van der Waals surface area contributed by atoms with Crippen LogP contribution in [0.2, 0.25) is 0 Å². The van der Waals surface area contributed by atoms with Gasteiger partial charge < -0.3 is 5.32 Å². The van der Waals surface area contributed by atoms with E-state index >= 15 is 0 Å². The van der Waals surface area contributed by atoms with Crippen LogP contribution in [-0.4, -0.2) is 26.3 Å². The maximum absolute atomic E-state index is 13.9. The van der Waals surface area contributed by atoms with Crippen molar-refractivity contribution in [2.24, 2.45) is 0 Å². The summed E-state index contributed by atoms with van der Waals surface area (Å²) in [6.45, 7) is 1.78. The smallest absolute Gasteiger partial charge is 0.237 e. The van der Waals surface area contributed by atoms with Crippen molar-refractivity contribution >= 4 is 23.4 Å². The van der Waals surface area contributed by atoms with Crippen LogP contribution in [0.25, 0.3) is 22.5 Å². The minimum absolute atomic E-state index is 0.166. The van der Waals surface area contributed by atoms with Crippen LogP contribution in [0.5, 0.6) is 0 Å². The van der Waals surface area contributed by atoms with Crippen LogP contribution in [0.15, 0.2) is 84.0 Å². The van der Waals surface area contributed by atoms with Crippen LogP contribution in [0.1, 0.15) is 6.92 Å². The highest BCUT2D eigenvalue weighted by molar-refractivity contribution is 8.00. The molecule has 1 atom stereocenters. The zero-order valence-electron chi connectivity index (χ0n) is 16.2. The van der Waals surface area contributed by atoms with E-state index in [4.69, 9.17) is 0 Å². The van der Waals surface area contributed by atoms with Gasteiger partial charge in [-0.2, -0.15) is 0 Å². The first-order valence-corrected chi connectivity index (χ1v) is 10.3. The van der Waals surface area contributed by atoms with E-state index in [2.05, 4.69) is 20.5 Å². The molecule has 7 heteroatoms. The SMILES string of the molecule is CC(Sc1n[nH]c(-c2ccccc2F)n1)C(=O)Nc1ccccc1-c1ccccc1. The lowest BCUT2D eigenvalue weighted by atomic mass is 10.0. The van der Waals surface area contributed by atoms with E-state index in [1.54, 1.807) is 25.1 Å². The number of hydrogen-bond donors (Lipinski definition) is 2. The summed E-state index contributed by atoms with van der Waals surface area (Å²) in [5, 5.41) is 9.77. The summed E-state index contributed by atoms with van der Waals surface area (Å²) < 4.78 is 13.9. The van der Waals surface area contributed by atoms with Crippen molar-refractivity contribution in [2.75, 3.05) is 5.32 Å². The molecule has 0 saturated carbocycles. The molecule has 4 aromatic rings. The highest BCUT2D eigenvalue weighted by Crippen LogP contribution is 2.29. The Bertz CT molecular complexity index is 1160. The third-order valence-electron chi connectivity index (χ3n) is 4.52. The second-order valence-electron chi connectivity index (χ2n) is 6.61. The standard InChI is InChI=1S/C23H19FN4OS/c1-15(30-23-26-21(27-28-23)18-12-5-7-13-19(18)24)22(29)25-20-14-8-6-11-17(20)16-9-3-2-4-10-16/h2-15H,1H3,(H,25,29)(H,26,27,28). The molecule has 3 aromatic carbocycles. The number of amides is 1. The second-order valence-corrected chi connectivity index (χ2v) is 7.92. The summed E-state index contributed by atoms with van der Waals surface area (Å²) in [6, 6.07) is 23.9. The van der Waals surface area contributed by atoms with Gasteiger partial charge in [-0.05, 0) is 30.7 Å². The number of hydrogen-bond acceptors (Lipinski definition) is 4. The number of halogens is 1. The van der Waals surface area contributed by atoms with Gasteiger partial charge in [0, 0.05) is 11.3 Å². The van der Waals surface area contributed by atoms with E-state index in [-0.39, 0.29) is 11.7 Å². The number of para-hydroxylation sites is 1. The van der Waals surface area contributed by atoms with Crippen molar-refractivity contribution in [1.82, 2.24) is 15.2 Å². The van der Waals surface area contributed by atoms with E-state index in [0.717, 1.165) is 16.8 Å². The van der Waals surface area contributed by atoms with Crippen molar-refractivity contribution in [1.29, 1.82) is 0 Å². The monoisotopic (exact) mass is 418 g/mol. The minimum atomic E-state index is -0.446. The summed E-state index contributed by atoms with van der Waals surface area (Å²) in [4.78, 5) is 17.1. The predicted molar refractivity (Wildman–Crippen MR) is 118 cm³/mol. The fourth-order valence-electron chi connectivity index (χ4n) is 2.98. The summed E-state index contributed by atoms with van der Waals surface area (Å²) in [6.07, 6.45) is 0. The molecule has 0 fully saturated rings. The first-order valence-electron chi connectivity index (χ1n) is 9.41. The van der Waals surface area contributed by atoms with Crippen LogP contribution in [0.4, 0.5) is 10.1 Å². The van der Waals surface area contributed by atoms with Gasteiger partial charge in [0.25, 0.3) is 0 Å². The molecule has 0 aliphatic rings. The molecule has 0 spiro atoms. The highest BCUT2D eigenvalue weighted by Gasteiger charge is 2.19. The first kappa shape index (κ1) is 19.8. The Morgan fingerprint density at radius 2 is 1.63 bits per heavy atom. The van der Waals surface area contributed by atoms with E-state index in [9.17, 15) is 9.18 Å². The molecule has 0 aliphatic carbocycles. The fraction of sp³-hybridized carbons (Fsp3) is 0.0870. The number of carbonyl (C=O) groups excluding carboxylic acids is 1. The van der Waals surface area contributed by atoms with Gasteiger partial charge in [-0.25, -0.2) is 9.37 Å². The molecule has 0 aliphatic heterocycles. The molecule has 30 heavy (non-hydrogen) atoms. The van der Waals surface area contributed by atoms with Crippen molar-refractivity contribution in [3.63, 3.8) is 0 Å². The first-order chi connectivity index (χ1) is 14.6. The van der Waals surface area contributed by atoms with Crippen LogP contribution in [0, 0.1) is 5.82 Å². The Morgan fingerprint density at radius 3 is 2.40 bits per heavy atom. The van der Waals surface area contributed by atoms with Crippen LogP contribution < -0.4 is 5.32 Å². The molecule has 5 nitrogen and oxygen atoms in total. The lowest BCUT2D eigenvalue weighted by molar-refractivity contribution is -0.115. The van der Waals surface area contributed by atoms with Crippen molar-refractivity contribution in [2.45, 2.75) is 17.3 Å². The normalized spacial score (nSPS) is 11.8. The number of thioether (sulfide) groups is 1. The number of nitrogens with zero attached hydrogens (tertiary/aromatic N) is 2.